The topological polar surface area (TPSA) is 95.0 Å². The number of carbonyl (C=O) groups excluding carboxylic acids is 2. The molecule has 1 aromatic heterocycles. The number of aliphatic hydroxyl groups is 1. The molecule has 0 saturated heterocycles. The van der Waals surface area contributed by atoms with Crippen LogP contribution in [0, 0.1) is 23.6 Å². The van der Waals surface area contributed by atoms with Gasteiger partial charge < -0.3 is 25.0 Å². The zero-order valence-electron chi connectivity index (χ0n) is 21.1. The van der Waals surface area contributed by atoms with Crippen molar-refractivity contribution in [2.45, 2.75) is 39.3 Å². The predicted octanol–water partition coefficient (Wildman–Crippen LogP) is 2.89. The predicted molar refractivity (Wildman–Crippen MR) is 134 cm³/mol. The summed E-state index contributed by atoms with van der Waals surface area (Å²) in [5.41, 5.74) is 0.859. The van der Waals surface area contributed by atoms with E-state index in [1.165, 1.54) is 12.3 Å². The number of nitrogens with zero attached hydrogens (tertiary/aromatic N) is 3. The minimum absolute atomic E-state index is 0.130. The van der Waals surface area contributed by atoms with E-state index in [4.69, 9.17) is 4.74 Å². The van der Waals surface area contributed by atoms with Crippen molar-refractivity contribution in [2.24, 2.45) is 5.92 Å². The molecule has 2 aromatic rings. The van der Waals surface area contributed by atoms with Crippen LogP contribution in [0.15, 0.2) is 36.5 Å². The van der Waals surface area contributed by atoms with Crippen LogP contribution in [-0.2, 0) is 0 Å². The first-order chi connectivity index (χ1) is 17.2. The van der Waals surface area contributed by atoms with Crippen LogP contribution < -0.4 is 10.1 Å². The molecule has 1 aromatic carbocycles. The molecule has 0 unspecified atom stereocenters. The Bertz CT molecular complexity index is 1150. The Morgan fingerprint density at radius 3 is 2.83 bits per heavy atom. The Hall–Kier alpha value is -3.64. The first-order valence-corrected chi connectivity index (χ1v) is 12.1. The van der Waals surface area contributed by atoms with Crippen LogP contribution in [0.1, 0.15) is 48.7 Å². The number of aromatic nitrogens is 1. The van der Waals surface area contributed by atoms with E-state index in [9.17, 15) is 19.1 Å². The van der Waals surface area contributed by atoms with E-state index in [0.29, 0.717) is 18.7 Å². The fourth-order valence-corrected chi connectivity index (χ4v) is 3.81. The van der Waals surface area contributed by atoms with Gasteiger partial charge in [-0.15, -0.1) is 0 Å². The van der Waals surface area contributed by atoms with Crippen molar-refractivity contribution in [1.29, 1.82) is 0 Å². The van der Waals surface area contributed by atoms with Gasteiger partial charge in [0.1, 0.15) is 17.5 Å². The molecule has 36 heavy (non-hydrogen) atoms. The summed E-state index contributed by atoms with van der Waals surface area (Å²) < 4.78 is 20.2. The average Bonchev–Trinajstić information content (AvgIpc) is 2.88. The van der Waals surface area contributed by atoms with Crippen LogP contribution in [0.25, 0.3) is 0 Å². The summed E-state index contributed by atoms with van der Waals surface area (Å²) in [6.07, 6.45) is 1.84. The zero-order chi connectivity index (χ0) is 26.2. The number of ether oxygens (including phenoxy) is 1. The van der Waals surface area contributed by atoms with Gasteiger partial charge in [-0.05, 0) is 31.5 Å². The minimum Gasteiger partial charge on any atom is -0.472 e. The number of rotatable bonds is 6. The number of fused-ring (bicyclic) bond motifs is 1. The highest BCUT2D eigenvalue weighted by molar-refractivity contribution is 5.97. The normalized spacial score (nSPS) is 18.1. The van der Waals surface area contributed by atoms with E-state index in [1.807, 2.05) is 13.8 Å². The smallest absolute Gasteiger partial charge is 0.317 e. The quantitative estimate of drug-likeness (QED) is 0.600. The number of urea groups is 1. The van der Waals surface area contributed by atoms with Crippen LogP contribution in [0.3, 0.4) is 0 Å². The van der Waals surface area contributed by atoms with Gasteiger partial charge in [-0.2, -0.15) is 0 Å². The van der Waals surface area contributed by atoms with Gasteiger partial charge in [0, 0.05) is 37.8 Å². The second-order valence-corrected chi connectivity index (χ2v) is 9.04. The summed E-state index contributed by atoms with van der Waals surface area (Å²) in [4.78, 5) is 33.4. The van der Waals surface area contributed by atoms with Crippen molar-refractivity contribution in [3.8, 4) is 17.7 Å². The van der Waals surface area contributed by atoms with Crippen LogP contribution in [-0.4, -0.2) is 77.3 Å². The van der Waals surface area contributed by atoms with Crippen LogP contribution in [0.4, 0.5) is 9.18 Å². The number of amides is 3. The Morgan fingerprint density at radius 2 is 2.14 bits per heavy atom. The molecule has 9 heteroatoms. The fourth-order valence-electron chi connectivity index (χ4n) is 3.81. The summed E-state index contributed by atoms with van der Waals surface area (Å²) in [5.74, 6) is 4.84. The van der Waals surface area contributed by atoms with E-state index in [0.717, 1.165) is 6.42 Å². The molecule has 2 N–H and O–H groups in total. The lowest BCUT2D eigenvalue weighted by Crippen LogP contribution is -2.51. The van der Waals surface area contributed by atoms with Crippen molar-refractivity contribution in [3.63, 3.8) is 0 Å². The molecule has 0 radical (unpaired) electrons. The number of hydrogen-bond acceptors (Lipinski definition) is 5. The molecule has 1 aliphatic heterocycles. The number of pyridine rings is 1. The highest BCUT2D eigenvalue weighted by atomic mass is 19.1. The van der Waals surface area contributed by atoms with Gasteiger partial charge in [0.25, 0.3) is 5.91 Å². The standard InChI is InChI=1S/C27H33FN4O4/c1-5-12-29-27(35)31(4)16-24-18(2)15-32(19(3)17-33)26(34)22-13-20(14-30-25(22)36-24)10-11-21-8-6-7-9-23(21)28/h6-9,13-14,18-19,24,33H,5,12,15-17H2,1-4H3,(H,29,35)/t18-,19+,24-/m0/s1. The minimum atomic E-state index is -0.453. The third-order valence-electron chi connectivity index (χ3n) is 6.06. The maximum absolute atomic E-state index is 14.0. The third kappa shape index (κ3) is 6.52. The van der Waals surface area contributed by atoms with Crippen LogP contribution in [0.5, 0.6) is 5.88 Å². The van der Waals surface area contributed by atoms with Gasteiger partial charge in [0.2, 0.25) is 5.88 Å². The summed E-state index contributed by atoms with van der Waals surface area (Å²) in [5, 5.41) is 12.6. The second-order valence-electron chi connectivity index (χ2n) is 9.04. The molecule has 0 bridgehead atoms. The molecule has 2 heterocycles. The van der Waals surface area contributed by atoms with E-state index < -0.39 is 18.0 Å². The Balaban J connectivity index is 1.95. The lowest BCUT2D eigenvalue weighted by Gasteiger charge is -2.37. The van der Waals surface area contributed by atoms with Crippen LogP contribution in [0.2, 0.25) is 0 Å². The highest BCUT2D eigenvalue weighted by Crippen LogP contribution is 2.27. The molecular formula is C27H33FN4O4. The van der Waals surface area contributed by atoms with Gasteiger partial charge in [0.05, 0.1) is 24.8 Å². The number of hydrogen-bond donors (Lipinski definition) is 2. The van der Waals surface area contributed by atoms with Gasteiger partial charge in [0.15, 0.2) is 0 Å². The van der Waals surface area contributed by atoms with Crippen molar-refractivity contribution in [2.75, 3.05) is 33.3 Å². The fraction of sp³-hybridized carbons (Fsp3) is 0.444. The molecule has 8 nitrogen and oxygen atoms in total. The van der Waals surface area contributed by atoms with E-state index in [2.05, 4.69) is 22.1 Å². The number of benzene rings is 1. The SMILES string of the molecule is CCCNC(=O)N(C)C[C@@H]1Oc2ncc(C#Cc3ccccc3F)cc2C(=O)N([C@H](C)CO)C[C@@H]1C. The lowest BCUT2D eigenvalue weighted by molar-refractivity contribution is 0.0352. The molecule has 0 saturated carbocycles. The molecule has 3 atom stereocenters. The van der Waals surface area contributed by atoms with Gasteiger partial charge in [-0.3, -0.25) is 4.79 Å². The molecular weight excluding hydrogens is 463 g/mol. The second kappa shape index (κ2) is 12.4. The number of aliphatic hydroxyl groups excluding tert-OH is 1. The molecule has 0 aliphatic carbocycles. The van der Waals surface area contributed by atoms with Crippen molar-refractivity contribution in [1.82, 2.24) is 20.1 Å². The van der Waals surface area contributed by atoms with E-state index in [1.54, 1.807) is 48.0 Å². The lowest BCUT2D eigenvalue weighted by atomic mass is 10.00. The van der Waals surface area contributed by atoms with Crippen LogP contribution >= 0.6 is 0 Å². The molecule has 1 aliphatic rings. The molecule has 3 rings (SSSR count). The zero-order valence-corrected chi connectivity index (χ0v) is 21.1. The van der Waals surface area contributed by atoms with Crippen molar-refractivity contribution >= 4 is 11.9 Å². The first kappa shape index (κ1) is 27.0. The maximum Gasteiger partial charge on any atom is 0.317 e. The van der Waals surface area contributed by atoms with Gasteiger partial charge in [-0.1, -0.05) is 37.8 Å². The summed E-state index contributed by atoms with van der Waals surface area (Å²) >= 11 is 0. The molecule has 3 amide bonds. The highest BCUT2D eigenvalue weighted by Gasteiger charge is 2.34. The Kier molecular flexibility index (Phi) is 9.25. The van der Waals surface area contributed by atoms with Gasteiger partial charge in [-0.25, -0.2) is 14.2 Å². The average molecular weight is 497 g/mol. The maximum atomic E-state index is 14.0. The number of likely N-dealkylation sites (N-methyl/N-ethyl adjacent to an activating group) is 1. The number of halogens is 1. The summed E-state index contributed by atoms with van der Waals surface area (Å²) in [7, 11) is 1.69. The monoisotopic (exact) mass is 496 g/mol. The van der Waals surface area contributed by atoms with Crippen molar-refractivity contribution < 1.29 is 23.8 Å². The Morgan fingerprint density at radius 1 is 1.39 bits per heavy atom. The number of nitrogens with one attached hydrogen (secondary N) is 1. The van der Waals surface area contributed by atoms with Gasteiger partial charge >= 0.3 is 6.03 Å². The molecule has 0 fully saturated rings. The molecule has 192 valence electrons. The van der Waals surface area contributed by atoms with Crippen molar-refractivity contribution in [3.05, 3.63) is 59.0 Å². The number of carbonyl (C=O) groups is 2. The van der Waals surface area contributed by atoms with E-state index in [-0.39, 0.29) is 48.0 Å². The Labute approximate surface area is 211 Å². The molecule has 0 spiro atoms. The largest absolute Gasteiger partial charge is 0.472 e. The summed E-state index contributed by atoms with van der Waals surface area (Å²) in [6.45, 7) is 6.64. The summed E-state index contributed by atoms with van der Waals surface area (Å²) in [6, 6.07) is 7.10. The first-order valence-electron chi connectivity index (χ1n) is 12.1. The third-order valence-corrected chi connectivity index (χ3v) is 6.06. The van der Waals surface area contributed by atoms with E-state index >= 15 is 0 Å².